The fourth-order valence-corrected chi connectivity index (χ4v) is 5.66. The first-order chi connectivity index (χ1) is 15.6. The summed E-state index contributed by atoms with van der Waals surface area (Å²) in [7, 11) is -3.21. The molecule has 1 saturated carbocycles. The molecule has 12 heteroatoms. The number of rotatable bonds is 6. The van der Waals surface area contributed by atoms with Gasteiger partial charge in [-0.1, -0.05) is 0 Å². The summed E-state index contributed by atoms with van der Waals surface area (Å²) in [6.07, 6.45) is 6.02. The zero-order chi connectivity index (χ0) is 23.8. The van der Waals surface area contributed by atoms with Crippen LogP contribution in [0.4, 0.5) is 5.95 Å². The summed E-state index contributed by atoms with van der Waals surface area (Å²) in [4.78, 5) is 33.8. The first-order valence-electron chi connectivity index (χ1n) is 11.2. The second-order valence-electron chi connectivity index (χ2n) is 9.02. The summed E-state index contributed by atoms with van der Waals surface area (Å²) < 4.78 is 26.5. The summed E-state index contributed by atoms with van der Waals surface area (Å²) in [5.41, 5.74) is 5.74. The van der Waals surface area contributed by atoms with Crippen LogP contribution in [0.25, 0.3) is 11.0 Å². The highest BCUT2D eigenvalue weighted by Gasteiger charge is 2.27. The highest BCUT2D eigenvalue weighted by atomic mass is 32.2. The largest absolute Gasteiger partial charge is 0.393 e. The number of aromatic nitrogens is 3. The van der Waals surface area contributed by atoms with Gasteiger partial charge in [0.2, 0.25) is 21.9 Å². The van der Waals surface area contributed by atoms with Gasteiger partial charge in [-0.25, -0.2) is 17.7 Å². The number of carbonyl (C=O) groups excluding carboxylic acids is 1. The number of fused-ring (bicyclic) bond motifs is 1. The van der Waals surface area contributed by atoms with Crippen LogP contribution in [0.5, 0.6) is 0 Å². The van der Waals surface area contributed by atoms with Crippen LogP contribution in [0.3, 0.4) is 0 Å². The number of hydrogen-bond acceptors (Lipinski definition) is 8. The lowest BCUT2D eigenvalue weighted by atomic mass is 9.92. The van der Waals surface area contributed by atoms with Crippen LogP contribution in [0.1, 0.15) is 50.1 Å². The predicted molar refractivity (Wildman–Crippen MR) is 123 cm³/mol. The molecule has 180 valence electrons. The Hall–Kier alpha value is -2.57. The van der Waals surface area contributed by atoms with Gasteiger partial charge in [-0.3, -0.25) is 14.2 Å². The SMILES string of the molecule is CS(=O)(=O)N1CCC(Nc2ncc3cc(CC(N)=O)c(=O)n([C@@H]4CCCC(O)C4)c3n2)CC1. The third kappa shape index (κ3) is 5.33. The average Bonchev–Trinajstić information content (AvgIpc) is 2.74. The fraction of sp³-hybridized carbons (Fsp3) is 0.619. The maximum Gasteiger partial charge on any atom is 0.256 e. The molecule has 1 amide bonds. The number of primary amides is 1. The summed E-state index contributed by atoms with van der Waals surface area (Å²) in [5.74, 6) is -0.242. The van der Waals surface area contributed by atoms with Gasteiger partial charge >= 0.3 is 0 Å². The zero-order valence-corrected chi connectivity index (χ0v) is 19.4. The molecule has 0 spiro atoms. The Kier molecular flexibility index (Phi) is 6.68. The molecule has 2 atom stereocenters. The summed E-state index contributed by atoms with van der Waals surface area (Å²) in [5, 5.41) is 14.1. The van der Waals surface area contributed by atoms with E-state index in [0.29, 0.717) is 55.8 Å². The number of nitrogens with two attached hydrogens (primary N) is 1. The molecule has 3 heterocycles. The third-order valence-corrected chi connectivity index (χ3v) is 7.76. The molecule has 4 N–H and O–H groups in total. The van der Waals surface area contributed by atoms with Gasteiger partial charge in [-0.2, -0.15) is 4.98 Å². The molecule has 0 bridgehead atoms. The monoisotopic (exact) mass is 478 g/mol. The molecule has 11 nitrogen and oxygen atoms in total. The number of anilines is 1. The maximum absolute atomic E-state index is 13.3. The lowest BCUT2D eigenvalue weighted by Gasteiger charge is -2.31. The van der Waals surface area contributed by atoms with E-state index in [0.717, 1.165) is 12.8 Å². The molecule has 0 aromatic carbocycles. The van der Waals surface area contributed by atoms with E-state index >= 15 is 0 Å². The Morgan fingerprint density at radius 3 is 2.64 bits per heavy atom. The van der Waals surface area contributed by atoms with Gasteiger partial charge in [0, 0.05) is 42.3 Å². The number of aliphatic hydroxyl groups is 1. The fourth-order valence-electron chi connectivity index (χ4n) is 4.79. The Balaban J connectivity index is 1.66. The van der Waals surface area contributed by atoms with Crippen LogP contribution in [0, 0.1) is 0 Å². The summed E-state index contributed by atoms with van der Waals surface area (Å²) in [6.45, 7) is 0.844. The van der Waals surface area contributed by atoms with Crippen LogP contribution >= 0.6 is 0 Å². The van der Waals surface area contributed by atoms with Crippen molar-refractivity contribution in [2.24, 2.45) is 5.73 Å². The van der Waals surface area contributed by atoms with E-state index in [9.17, 15) is 23.1 Å². The lowest BCUT2D eigenvalue weighted by molar-refractivity contribution is -0.117. The molecule has 0 radical (unpaired) electrons. The Morgan fingerprint density at radius 1 is 1.27 bits per heavy atom. The van der Waals surface area contributed by atoms with Crippen LogP contribution < -0.4 is 16.6 Å². The quantitative estimate of drug-likeness (QED) is 0.528. The highest BCUT2D eigenvalue weighted by Crippen LogP contribution is 2.30. The van der Waals surface area contributed by atoms with E-state index in [1.54, 1.807) is 16.8 Å². The molecule has 1 aliphatic carbocycles. The smallest absolute Gasteiger partial charge is 0.256 e. The second-order valence-corrected chi connectivity index (χ2v) is 11.0. The standard InChI is InChI=1S/C21H30N6O5S/c1-33(31,32)26-7-5-15(6-8-26)24-21-23-12-14-9-13(10-18(22)29)20(30)27(19(14)25-21)16-3-2-4-17(28)11-16/h9,12,15-17,28H,2-8,10-11H2,1H3,(H2,22,29)(H,23,24,25)/t16-,17?/m1/s1. The van der Waals surface area contributed by atoms with E-state index in [1.165, 1.54) is 10.6 Å². The molecule has 4 rings (SSSR count). The highest BCUT2D eigenvalue weighted by molar-refractivity contribution is 7.88. The maximum atomic E-state index is 13.3. The van der Waals surface area contributed by atoms with Gasteiger partial charge in [0.15, 0.2) is 0 Å². The zero-order valence-electron chi connectivity index (χ0n) is 18.6. The van der Waals surface area contributed by atoms with Crippen molar-refractivity contribution in [2.45, 2.75) is 63.1 Å². The topological polar surface area (TPSA) is 161 Å². The van der Waals surface area contributed by atoms with Crippen molar-refractivity contribution < 1.29 is 18.3 Å². The Bertz CT molecular complexity index is 1210. The molecule has 2 aromatic rings. The van der Waals surface area contributed by atoms with Crippen molar-refractivity contribution in [2.75, 3.05) is 24.7 Å². The minimum absolute atomic E-state index is 0.00580. The van der Waals surface area contributed by atoms with E-state index in [-0.39, 0.29) is 29.6 Å². The number of nitrogens with one attached hydrogen (secondary N) is 1. The minimum atomic E-state index is -3.21. The van der Waals surface area contributed by atoms with Crippen LogP contribution in [0.15, 0.2) is 17.1 Å². The van der Waals surface area contributed by atoms with Crippen molar-refractivity contribution in [1.82, 2.24) is 18.8 Å². The van der Waals surface area contributed by atoms with Crippen LogP contribution in [0.2, 0.25) is 0 Å². The van der Waals surface area contributed by atoms with E-state index in [2.05, 4.69) is 15.3 Å². The van der Waals surface area contributed by atoms with Gasteiger partial charge in [-0.05, 0) is 44.6 Å². The number of hydrogen-bond donors (Lipinski definition) is 3. The van der Waals surface area contributed by atoms with Crippen molar-refractivity contribution in [3.05, 3.63) is 28.2 Å². The first-order valence-corrected chi connectivity index (χ1v) is 13.1. The second kappa shape index (κ2) is 9.35. The van der Waals surface area contributed by atoms with Gasteiger partial charge in [-0.15, -0.1) is 0 Å². The Labute approximate surface area is 192 Å². The predicted octanol–water partition coefficient (Wildman–Crippen LogP) is 0.131. The number of pyridine rings is 1. The molecule has 2 aliphatic rings. The molecule has 1 saturated heterocycles. The summed E-state index contributed by atoms with van der Waals surface area (Å²) >= 11 is 0. The number of nitrogens with zero attached hydrogens (tertiary/aromatic N) is 4. The first kappa shape index (κ1) is 23.6. The third-order valence-electron chi connectivity index (χ3n) is 6.45. The average molecular weight is 479 g/mol. The molecule has 1 aliphatic heterocycles. The van der Waals surface area contributed by atoms with Crippen molar-refractivity contribution in [3.8, 4) is 0 Å². The van der Waals surface area contributed by atoms with Gasteiger partial charge in [0.25, 0.3) is 5.56 Å². The van der Waals surface area contributed by atoms with Crippen molar-refractivity contribution >= 4 is 32.9 Å². The van der Waals surface area contributed by atoms with Gasteiger partial charge in [0.05, 0.1) is 18.8 Å². The molecule has 33 heavy (non-hydrogen) atoms. The number of aliphatic hydroxyl groups excluding tert-OH is 1. The molecular formula is C21H30N6O5S. The van der Waals surface area contributed by atoms with Gasteiger partial charge in [0.1, 0.15) is 5.65 Å². The van der Waals surface area contributed by atoms with Gasteiger partial charge < -0.3 is 16.2 Å². The molecular weight excluding hydrogens is 448 g/mol. The van der Waals surface area contributed by atoms with E-state index in [1.807, 2.05) is 0 Å². The Morgan fingerprint density at radius 2 is 2.00 bits per heavy atom. The minimum Gasteiger partial charge on any atom is -0.393 e. The normalized spacial score (nSPS) is 23.0. The number of sulfonamides is 1. The van der Waals surface area contributed by atoms with Crippen molar-refractivity contribution in [1.29, 1.82) is 0 Å². The van der Waals surface area contributed by atoms with Crippen LogP contribution in [-0.4, -0.2) is 69.8 Å². The van der Waals surface area contributed by atoms with E-state index < -0.39 is 22.0 Å². The van der Waals surface area contributed by atoms with Crippen molar-refractivity contribution in [3.63, 3.8) is 0 Å². The number of carbonyl (C=O) groups is 1. The summed E-state index contributed by atoms with van der Waals surface area (Å²) in [6, 6.07) is 1.37. The number of amides is 1. The molecule has 1 unspecified atom stereocenters. The number of piperidine rings is 1. The lowest BCUT2D eigenvalue weighted by Crippen LogP contribution is -2.42. The van der Waals surface area contributed by atoms with Crippen LogP contribution in [-0.2, 0) is 21.2 Å². The molecule has 2 fully saturated rings. The molecule has 2 aromatic heterocycles. The van der Waals surface area contributed by atoms with E-state index in [4.69, 9.17) is 5.73 Å².